The zero-order valence-corrected chi connectivity index (χ0v) is 16.5. The van der Waals surface area contributed by atoms with E-state index < -0.39 is 0 Å². The summed E-state index contributed by atoms with van der Waals surface area (Å²) in [6.45, 7) is 5.83. The first-order chi connectivity index (χ1) is 13.7. The Hall–Kier alpha value is -3.08. The van der Waals surface area contributed by atoms with Crippen molar-refractivity contribution in [2.45, 2.75) is 33.2 Å². The number of ether oxygens (including phenoxy) is 1. The van der Waals surface area contributed by atoms with Crippen molar-refractivity contribution in [2.24, 2.45) is 0 Å². The van der Waals surface area contributed by atoms with Crippen LogP contribution in [0.1, 0.15) is 24.7 Å². The monoisotopic (exact) mass is 377 g/mol. The SMILES string of the molecule is C/C=C\C(=O)NCCCc1nc2ccccc2n1CCOc1ccccc1C. The molecule has 0 bridgehead atoms. The second-order valence-corrected chi connectivity index (χ2v) is 6.68. The van der Waals surface area contributed by atoms with Crippen LogP contribution in [0.5, 0.6) is 5.75 Å². The zero-order chi connectivity index (χ0) is 19.8. The molecule has 3 rings (SSSR count). The maximum absolute atomic E-state index is 11.5. The van der Waals surface area contributed by atoms with E-state index >= 15 is 0 Å². The van der Waals surface area contributed by atoms with Crippen molar-refractivity contribution in [3.8, 4) is 5.75 Å². The maximum atomic E-state index is 11.5. The van der Waals surface area contributed by atoms with Gasteiger partial charge in [0.15, 0.2) is 0 Å². The molecule has 146 valence electrons. The number of amides is 1. The topological polar surface area (TPSA) is 56.2 Å². The lowest BCUT2D eigenvalue weighted by atomic mass is 10.2. The lowest BCUT2D eigenvalue weighted by Crippen LogP contribution is -2.23. The smallest absolute Gasteiger partial charge is 0.243 e. The predicted octanol–water partition coefficient (Wildman–Crippen LogP) is 4.05. The third-order valence-electron chi connectivity index (χ3n) is 4.59. The van der Waals surface area contributed by atoms with E-state index in [-0.39, 0.29) is 5.91 Å². The first-order valence-corrected chi connectivity index (χ1v) is 9.72. The molecule has 0 saturated carbocycles. The molecule has 1 N–H and O–H groups in total. The van der Waals surface area contributed by atoms with Gasteiger partial charge in [-0.05, 0) is 50.1 Å². The number of fused-ring (bicyclic) bond motifs is 1. The lowest BCUT2D eigenvalue weighted by Gasteiger charge is -2.12. The summed E-state index contributed by atoms with van der Waals surface area (Å²) in [6.07, 6.45) is 4.92. The van der Waals surface area contributed by atoms with Crippen LogP contribution in [-0.4, -0.2) is 28.6 Å². The summed E-state index contributed by atoms with van der Waals surface area (Å²) in [5.74, 6) is 1.89. The molecule has 3 aromatic rings. The molecule has 1 heterocycles. The number of para-hydroxylation sites is 3. The number of imidazole rings is 1. The molecule has 0 atom stereocenters. The molecule has 0 saturated heterocycles. The zero-order valence-electron chi connectivity index (χ0n) is 16.5. The highest BCUT2D eigenvalue weighted by Crippen LogP contribution is 2.19. The van der Waals surface area contributed by atoms with E-state index in [1.165, 1.54) is 6.08 Å². The highest BCUT2D eigenvalue weighted by Gasteiger charge is 2.10. The Labute approximate surface area is 166 Å². The average Bonchev–Trinajstić information content (AvgIpc) is 3.05. The summed E-state index contributed by atoms with van der Waals surface area (Å²) < 4.78 is 8.21. The van der Waals surface area contributed by atoms with Crippen LogP contribution in [0.4, 0.5) is 0 Å². The lowest BCUT2D eigenvalue weighted by molar-refractivity contribution is -0.116. The number of nitrogens with zero attached hydrogens (tertiary/aromatic N) is 2. The van der Waals surface area contributed by atoms with E-state index in [0.717, 1.165) is 47.6 Å². The Morgan fingerprint density at radius 2 is 1.96 bits per heavy atom. The van der Waals surface area contributed by atoms with Gasteiger partial charge in [0.2, 0.25) is 5.91 Å². The summed E-state index contributed by atoms with van der Waals surface area (Å²) in [5.41, 5.74) is 3.24. The van der Waals surface area contributed by atoms with Crippen molar-refractivity contribution in [1.82, 2.24) is 14.9 Å². The summed E-state index contributed by atoms with van der Waals surface area (Å²) in [5, 5.41) is 2.89. The second kappa shape index (κ2) is 9.74. The van der Waals surface area contributed by atoms with Gasteiger partial charge in [0.1, 0.15) is 18.2 Å². The Balaban J connectivity index is 1.65. The van der Waals surface area contributed by atoms with Crippen molar-refractivity contribution >= 4 is 16.9 Å². The number of aromatic nitrogens is 2. The van der Waals surface area contributed by atoms with Gasteiger partial charge in [0.25, 0.3) is 0 Å². The molecule has 0 radical (unpaired) electrons. The van der Waals surface area contributed by atoms with E-state index in [1.807, 2.05) is 43.3 Å². The van der Waals surface area contributed by atoms with Gasteiger partial charge in [-0.25, -0.2) is 4.98 Å². The van der Waals surface area contributed by atoms with E-state index in [4.69, 9.17) is 9.72 Å². The van der Waals surface area contributed by atoms with E-state index in [1.54, 1.807) is 6.08 Å². The molecule has 1 amide bonds. The van der Waals surface area contributed by atoms with Crippen molar-refractivity contribution in [3.63, 3.8) is 0 Å². The largest absolute Gasteiger partial charge is 0.491 e. The first-order valence-electron chi connectivity index (χ1n) is 9.72. The molecule has 0 spiro atoms. The number of nitrogens with one attached hydrogen (secondary N) is 1. The third kappa shape index (κ3) is 5.00. The van der Waals surface area contributed by atoms with E-state index in [9.17, 15) is 4.79 Å². The van der Waals surface area contributed by atoms with Gasteiger partial charge in [-0.2, -0.15) is 0 Å². The standard InChI is InChI=1S/C23H27N3O2/c1-3-9-23(27)24-15-8-14-22-25-19-11-5-6-12-20(19)26(22)16-17-28-21-13-7-4-10-18(21)2/h3-7,9-13H,8,14-17H2,1-2H3,(H,24,27)/b9-3-. The van der Waals surface area contributed by atoms with Gasteiger partial charge in [-0.15, -0.1) is 0 Å². The van der Waals surface area contributed by atoms with Crippen molar-refractivity contribution in [1.29, 1.82) is 0 Å². The summed E-state index contributed by atoms with van der Waals surface area (Å²) in [4.78, 5) is 16.3. The first kappa shape index (κ1) is 19.7. The fraction of sp³-hybridized carbons (Fsp3) is 0.304. The normalized spacial score (nSPS) is 11.2. The Morgan fingerprint density at radius 1 is 1.18 bits per heavy atom. The number of hydrogen-bond donors (Lipinski definition) is 1. The summed E-state index contributed by atoms with van der Waals surface area (Å²) >= 11 is 0. The van der Waals surface area contributed by atoms with Crippen LogP contribution in [0.25, 0.3) is 11.0 Å². The van der Waals surface area contributed by atoms with Crippen LogP contribution in [0.15, 0.2) is 60.7 Å². The van der Waals surface area contributed by atoms with Crippen molar-refractivity contribution < 1.29 is 9.53 Å². The van der Waals surface area contributed by atoms with Crippen molar-refractivity contribution in [2.75, 3.05) is 13.2 Å². The number of carbonyl (C=O) groups is 1. The van der Waals surface area contributed by atoms with Crippen molar-refractivity contribution in [3.05, 3.63) is 72.1 Å². The minimum absolute atomic E-state index is 0.0531. The number of aryl methyl sites for hydroxylation is 2. The third-order valence-corrected chi connectivity index (χ3v) is 4.59. The quantitative estimate of drug-likeness (QED) is 0.452. The molecule has 2 aromatic carbocycles. The average molecular weight is 377 g/mol. The maximum Gasteiger partial charge on any atom is 0.243 e. The van der Waals surface area contributed by atoms with Gasteiger partial charge in [0, 0.05) is 13.0 Å². The molecular formula is C23H27N3O2. The fourth-order valence-electron chi connectivity index (χ4n) is 3.20. The Kier molecular flexibility index (Phi) is 6.84. The Morgan fingerprint density at radius 3 is 2.79 bits per heavy atom. The molecule has 1 aromatic heterocycles. The van der Waals surface area contributed by atoms with Gasteiger partial charge < -0.3 is 14.6 Å². The van der Waals surface area contributed by atoms with Crippen LogP contribution >= 0.6 is 0 Å². The molecule has 0 aliphatic heterocycles. The highest BCUT2D eigenvalue weighted by molar-refractivity contribution is 5.87. The van der Waals surface area contributed by atoms with Crippen LogP contribution in [0.2, 0.25) is 0 Å². The minimum atomic E-state index is -0.0531. The molecular weight excluding hydrogens is 350 g/mol. The molecule has 28 heavy (non-hydrogen) atoms. The number of allylic oxidation sites excluding steroid dienone is 1. The van der Waals surface area contributed by atoms with E-state index in [0.29, 0.717) is 13.2 Å². The number of carbonyl (C=O) groups excluding carboxylic acids is 1. The summed E-state index contributed by atoms with van der Waals surface area (Å²) in [6, 6.07) is 16.2. The van der Waals surface area contributed by atoms with Gasteiger partial charge in [-0.3, -0.25) is 4.79 Å². The number of benzene rings is 2. The molecule has 0 aliphatic rings. The van der Waals surface area contributed by atoms with Crippen LogP contribution in [0.3, 0.4) is 0 Å². The second-order valence-electron chi connectivity index (χ2n) is 6.68. The van der Waals surface area contributed by atoms with Crippen LogP contribution < -0.4 is 10.1 Å². The number of rotatable bonds is 9. The van der Waals surface area contributed by atoms with Gasteiger partial charge >= 0.3 is 0 Å². The number of hydrogen-bond acceptors (Lipinski definition) is 3. The minimum Gasteiger partial charge on any atom is -0.491 e. The summed E-state index contributed by atoms with van der Waals surface area (Å²) in [7, 11) is 0. The molecule has 0 aliphatic carbocycles. The molecule has 5 heteroatoms. The Bertz CT molecular complexity index is 959. The predicted molar refractivity (Wildman–Crippen MR) is 113 cm³/mol. The van der Waals surface area contributed by atoms with Crippen LogP contribution in [0, 0.1) is 6.92 Å². The van der Waals surface area contributed by atoms with Gasteiger partial charge in [0.05, 0.1) is 17.6 Å². The molecule has 0 unspecified atom stereocenters. The molecule has 5 nitrogen and oxygen atoms in total. The van der Waals surface area contributed by atoms with E-state index in [2.05, 4.69) is 28.9 Å². The highest BCUT2D eigenvalue weighted by atomic mass is 16.5. The van der Waals surface area contributed by atoms with Gasteiger partial charge in [-0.1, -0.05) is 36.4 Å². The molecule has 0 fully saturated rings. The van der Waals surface area contributed by atoms with Crippen LogP contribution in [-0.2, 0) is 17.8 Å². The fourth-order valence-corrected chi connectivity index (χ4v) is 3.20.